The number of ether oxygens (including phenoxy) is 1. The number of rotatable bonds is 4. The second kappa shape index (κ2) is 9.97. The van der Waals surface area contributed by atoms with Crippen LogP contribution < -0.4 is 25.2 Å². The van der Waals surface area contributed by atoms with E-state index in [9.17, 15) is 0 Å². The largest absolute Gasteiger partial charge is 0.543 e. The first-order valence-electron chi connectivity index (χ1n) is 7.83. The van der Waals surface area contributed by atoms with Crippen LogP contribution in [0.25, 0.3) is 5.57 Å². The van der Waals surface area contributed by atoms with Crippen molar-refractivity contribution in [2.45, 2.75) is 6.61 Å². The average molecular weight is 413 g/mol. The summed E-state index contributed by atoms with van der Waals surface area (Å²) < 4.78 is 14.5. The summed E-state index contributed by atoms with van der Waals surface area (Å²) >= 11 is 7.07. The summed E-state index contributed by atoms with van der Waals surface area (Å²) in [5.74, 6) is -3.76. The van der Waals surface area contributed by atoms with E-state index in [-0.39, 0.29) is 0 Å². The van der Waals surface area contributed by atoms with Crippen LogP contribution in [0, 0.1) is 0 Å². The number of quaternary nitrogens is 2. The molecule has 0 bridgehead atoms. The number of nitrogens with one attached hydrogen (secondary N) is 1. The maximum absolute atomic E-state index is 8.93. The molecule has 3 N–H and O–H groups in total. The first-order valence-corrected chi connectivity index (χ1v) is 8.93. The molecule has 0 amide bonds. The molecule has 0 radical (unpaired) electrons. The van der Waals surface area contributed by atoms with Gasteiger partial charge in [0, 0.05) is 5.02 Å². The van der Waals surface area contributed by atoms with Crippen molar-refractivity contribution in [2.75, 3.05) is 20.3 Å². The topological polar surface area (TPSA) is 136 Å². The smallest absolute Gasteiger partial charge is 0.254 e. The Hall–Kier alpha value is -2.53. The summed E-state index contributed by atoms with van der Waals surface area (Å²) in [6.45, 7) is 2.45. The van der Waals surface area contributed by atoms with Gasteiger partial charge in [0.1, 0.15) is 19.4 Å². The number of aromatic nitrogens is 2. The molecule has 0 aliphatic carbocycles. The standard InChI is InChI=1S/C14H15ClN4OS.C2H2O4/c1-19-7-11(6-16-9-19)13-14(18-21-17-13)20-8-10-2-4-12(15)5-3-10;3-1(4)2(5)6/h2-6,16H,7-9H2,1H3;(H,3,4)(H,5,6). The Kier molecular flexibility index (Phi) is 7.67. The molecule has 11 heteroatoms. The molecular formula is C16H17ClN4O5S. The van der Waals surface area contributed by atoms with Gasteiger partial charge in [-0.15, -0.1) is 4.37 Å². The normalized spacial score (nSPS) is 15.9. The van der Waals surface area contributed by atoms with Crippen LogP contribution in [0.15, 0.2) is 30.5 Å². The molecule has 144 valence electrons. The number of benzene rings is 1. The number of aliphatic carboxylic acids is 2. The molecule has 2 heterocycles. The number of likely N-dealkylation sites (N-methyl/N-ethyl adjacent to an activating group) is 1. The maximum Gasteiger partial charge on any atom is 0.254 e. The van der Waals surface area contributed by atoms with Crippen LogP contribution in [0.5, 0.6) is 5.88 Å². The van der Waals surface area contributed by atoms with Gasteiger partial charge in [-0.1, -0.05) is 23.7 Å². The van der Waals surface area contributed by atoms with Crippen LogP contribution in [0.1, 0.15) is 11.3 Å². The molecule has 27 heavy (non-hydrogen) atoms. The zero-order chi connectivity index (χ0) is 19.8. The van der Waals surface area contributed by atoms with E-state index in [4.69, 9.17) is 36.1 Å². The molecule has 1 unspecified atom stereocenters. The van der Waals surface area contributed by atoms with E-state index in [2.05, 4.69) is 27.3 Å². The fourth-order valence-electron chi connectivity index (χ4n) is 2.22. The molecule has 1 aromatic carbocycles. The summed E-state index contributed by atoms with van der Waals surface area (Å²) in [4.78, 5) is 19.3. The third kappa shape index (κ3) is 6.61. The third-order valence-corrected chi connectivity index (χ3v) is 4.26. The molecule has 2 aromatic rings. The lowest BCUT2D eigenvalue weighted by atomic mass is 10.2. The molecule has 3 rings (SSSR count). The highest BCUT2D eigenvalue weighted by Crippen LogP contribution is 2.23. The second-order valence-electron chi connectivity index (χ2n) is 5.67. The lowest BCUT2D eigenvalue weighted by Crippen LogP contribution is -3.20. The van der Waals surface area contributed by atoms with E-state index in [1.807, 2.05) is 24.3 Å². The van der Waals surface area contributed by atoms with Crippen LogP contribution >= 0.6 is 23.3 Å². The van der Waals surface area contributed by atoms with Gasteiger partial charge in [-0.2, -0.15) is 4.37 Å². The number of halogens is 1. The Labute approximate surface area is 164 Å². The monoisotopic (exact) mass is 412 g/mol. The Morgan fingerprint density at radius 2 is 1.93 bits per heavy atom. The van der Waals surface area contributed by atoms with E-state index >= 15 is 0 Å². The lowest BCUT2D eigenvalue weighted by molar-refractivity contribution is -0.978. The molecule has 0 saturated carbocycles. The highest BCUT2D eigenvalue weighted by Gasteiger charge is 2.22. The number of nitrogens with zero attached hydrogens (tertiary/aromatic N) is 2. The quantitative estimate of drug-likeness (QED) is 0.500. The average Bonchev–Trinajstić information content (AvgIpc) is 3.10. The number of carboxylic acids is 2. The van der Waals surface area contributed by atoms with Crippen molar-refractivity contribution in [2.24, 2.45) is 0 Å². The first-order chi connectivity index (χ1) is 12.9. The number of nitrogens with two attached hydrogens (primary N) is 1. The van der Waals surface area contributed by atoms with Gasteiger partial charge in [0.2, 0.25) is 6.67 Å². The number of carbonyl (C=O) groups excluding carboxylic acids is 2. The Morgan fingerprint density at radius 3 is 2.52 bits per heavy atom. The fraction of sp³-hybridized carbons (Fsp3) is 0.250. The van der Waals surface area contributed by atoms with Crippen LogP contribution in [-0.4, -0.2) is 40.9 Å². The number of hydrogen-bond acceptors (Lipinski definition) is 8. The lowest BCUT2D eigenvalue weighted by Gasteiger charge is -2.17. The zero-order valence-electron chi connectivity index (χ0n) is 14.3. The van der Waals surface area contributed by atoms with E-state index in [1.165, 1.54) is 22.2 Å². The van der Waals surface area contributed by atoms with Gasteiger partial charge in [-0.25, -0.2) is 0 Å². The van der Waals surface area contributed by atoms with Gasteiger partial charge in [0.15, 0.2) is 5.69 Å². The molecule has 1 aliphatic rings. The van der Waals surface area contributed by atoms with Crippen LogP contribution in [-0.2, 0) is 16.2 Å². The Morgan fingerprint density at radius 1 is 1.26 bits per heavy atom. The predicted octanol–water partition coefficient (Wildman–Crippen LogP) is -3.35. The van der Waals surface area contributed by atoms with Gasteiger partial charge >= 0.3 is 0 Å². The minimum Gasteiger partial charge on any atom is -0.543 e. The van der Waals surface area contributed by atoms with Crippen LogP contribution in [0.3, 0.4) is 0 Å². The van der Waals surface area contributed by atoms with Crippen molar-refractivity contribution in [1.82, 2.24) is 8.75 Å². The molecule has 1 aliphatic heterocycles. The minimum absolute atomic E-state index is 0.468. The molecule has 0 spiro atoms. The molecule has 1 atom stereocenters. The second-order valence-corrected chi connectivity index (χ2v) is 6.64. The van der Waals surface area contributed by atoms with Gasteiger partial charge in [0.05, 0.1) is 36.3 Å². The van der Waals surface area contributed by atoms with Gasteiger partial charge in [-0.3, -0.25) is 10.2 Å². The predicted molar refractivity (Wildman–Crippen MR) is 92.2 cm³/mol. The van der Waals surface area contributed by atoms with Crippen molar-refractivity contribution in [3.05, 3.63) is 46.7 Å². The third-order valence-electron chi connectivity index (χ3n) is 3.50. The van der Waals surface area contributed by atoms with Crippen molar-refractivity contribution in [3.8, 4) is 5.88 Å². The van der Waals surface area contributed by atoms with Crippen molar-refractivity contribution in [1.29, 1.82) is 0 Å². The van der Waals surface area contributed by atoms with E-state index in [0.29, 0.717) is 12.5 Å². The molecule has 1 aromatic heterocycles. The van der Waals surface area contributed by atoms with Crippen LogP contribution in [0.2, 0.25) is 5.02 Å². The molecule has 0 fully saturated rings. The Balaban J connectivity index is 0.000000380. The molecular weight excluding hydrogens is 396 g/mol. The Bertz CT molecular complexity index is 812. The van der Waals surface area contributed by atoms with E-state index < -0.39 is 11.9 Å². The summed E-state index contributed by atoms with van der Waals surface area (Å²) in [7, 11) is 2.16. The van der Waals surface area contributed by atoms with Gasteiger partial charge in [0.25, 0.3) is 5.88 Å². The first kappa shape index (κ1) is 20.8. The number of carbonyl (C=O) groups is 2. The van der Waals surface area contributed by atoms with Crippen molar-refractivity contribution in [3.63, 3.8) is 0 Å². The highest BCUT2D eigenvalue weighted by molar-refractivity contribution is 6.99. The van der Waals surface area contributed by atoms with Crippen LogP contribution in [0.4, 0.5) is 0 Å². The SMILES string of the molecule is C[NH+]1C[NH2+]C=C(c2nsnc2OCc2ccc(Cl)cc2)C1.O=C([O-])C(=O)[O-]. The number of hydrogen-bond donors (Lipinski definition) is 2. The summed E-state index contributed by atoms with van der Waals surface area (Å²) in [6, 6.07) is 7.62. The fourth-order valence-corrected chi connectivity index (χ4v) is 2.88. The zero-order valence-corrected chi connectivity index (χ0v) is 15.9. The highest BCUT2D eigenvalue weighted by atomic mass is 35.5. The van der Waals surface area contributed by atoms with Gasteiger partial charge < -0.3 is 24.5 Å². The molecule has 0 saturated heterocycles. The number of carboxylic acid groups (broad SMARTS) is 2. The van der Waals surface area contributed by atoms with Gasteiger partial charge in [-0.05, 0) is 17.7 Å². The summed E-state index contributed by atoms with van der Waals surface area (Å²) in [5, 5.41) is 20.7. The van der Waals surface area contributed by atoms with E-state index in [1.54, 1.807) is 0 Å². The molecule has 9 nitrogen and oxygen atoms in total. The van der Waals surface area contributed by atoms with E-state index in [0.717, 1.165) is 29.5 Å². The van der Waals surface area contributed by atoms with Crippen molar-refractivity contribution >= 4 is 40.8 Å². The van der Waals surface area contributed by atoms with Crippen molar-refractivity contribution < 1.29 is 34.8 Å². The summed E-state index contributed by atoms with van der Waals surface area (Å²) in [6.07, 6.45) is 2.12. The maximum atomic E-state index is 8.93. The minimum atomic E-state index is -2.19. The summed E-state index contributed by atoms with van der Waals surface area (Å²) in [5.41, 5.74) is 3.10.